The summed E-state index contributed by atoms with van der Waals surface area (Å²) in [7, 11) is 0. The third-order valence-electron chi connectivity index (χ3n) is 12.9. The molecule has 3 fully saturated rings. The summed E-state index contributed by atoms with van der Waals surface area (Å²) < 4.78 is 6.34. The molecule has 4 heteroatoms. The molecule has 3 saturated carbocycles. The molecule has 1 aromatic carbocycles. The number of ether oxygens (including phenoxy) is 1. The fraction of sp³-hybridized carbons (Fsp3) is 0.714. The van der Waals surface area contributed by atoms with Crippen LogP contribution in [0.3, 0.4) is 0 Å². The van der Waals surface area contributed by atoms with E-state index in [1.165, 1.54) is 43.2 Å². The lowest BCUT2D eigenvalue weighted by atomic mass is 9.35. The van der Waals surface area contributed by atoms with Gasteiger partial charge in [-0.05, 0) is 96.5 Å². The normalized spacial score (nSPS) is 40.9. The van der Waals surface area contributed by atoms with Crippen LogP contribution in [0.4, 0.5) is 0 Å². The first-order valence-corrected chi connectivity index (χ1v) is 15.6. The molecule has 1 aromatic rings. The first-order chi connectivity index (χ1) is 18.4. The number of carbonyl (C=O) groups is 2. The van der Waals surface area contributed by atoms with Gasteiger partial charge in [0.25, 0.3) is 0 Å². The van der Waals surface area contributed by atoms with E-state index in [0.29, 0.717) is 23.8 Å². The Morgan fingerprint density at radius 3 is 2.38 bits per heavy atom. The molecule has 0 saturated heterocycles. The van der Waals surface area contributed by atoms with Gasteiger partial charge in [-0.1, -0.05) is 71.4 Å². The second kappa shape index (κ2) is 9.21. The van der Waals surface area contributed by atoms with Crippen molar-refractivity contribution in [1.82, 2.24) is 4.90 Å². The predicted molar refractivity (Wildman–Crippen MR) is 155 cm³/mol. The Kier molecular flexibility index (Phi) is 6.40. The second-order valence-corrected chi connectivity index (χ2v) is 15.1. The Hall–Kier alpha value is -2.10. The number of amides is 1. The summed E-state index contributed by atoms with van der Waals surface area (Å²) in [6.07, 6.45) is 10.0. The fourth-order valence-electron chi connectivity index (χ4n) is 11.2. The Morgan fingerprint density at radius 2 is 1.67 bits per heavy atom. The van der Waals surface area contributed by atoms with E-state index in [1.54, 1.807) is 6.92 Å². The van der Waals surface area contributed by atoms with Crippen LogP contribution in [0.25, 0.3) is 0 Å². The zero-order valence-corrected chi connectivity index (χ0v) is 25.1. The van der Waals surface area contributed by atoms with Crippen molar-refractivity contribution in [1.29, 1.82) is 0 Å². The van der Waals surface area contributed by atoms with Crippen molar-refractivity contribution in [2.24, 2.45) is 39.4 Å². The first kappa shape index (κ1) is 27.1. The number of hydrogen-bond donors (Lipinski definition) is 0. The number of fused-ring (bicyclic) bond motifs is 6. The van der Waals surface area contributed by atoms with Gasteiger partial charge in [-0.2, -0.15) is 0 Å². The zero-order chi connectivity index (χ0) is 27.8. The summed E-state index contributed by atoms with van der Waals surface area (Å²) in [4.78, 5) is 28.4. The lowest BCUT2D eigenvalue weighted by Crippen LogP contribution is -2.65. The number of rotatable bonds is 4. The van der Waals surface area contributed by atoms with Crippen LogP contribution < -0.4 is 0 Å². The van der Waals surface area contributed by atoms with Crippen molar-refractivity contribution in [3.8, 4) is 0 Å². The minimum absolute atomic E-state index is 0.161. The van der Waals surface area contributed by atoms with Crippen molar-refractivity contribution in [3.05, 3.63) is 47.0 Å². The van der Waals surface area contributed by atoms with Gasteiger partial charge in [0.2, 0.25) is 5.91 Å². The summed E-state index contributed by atoms with van der Waals surface area (Å²) in [5, 5.41) is 0. The van der Waals surface area contributed by atoms with E-state index in [0.717, 1.165) is 43.7 Å². The zero-order valence-electron chi connectivity index (χ0n) is 25.1. The third kappa shape index (κ3) is 3.97. The van der Waals surface area contributed by atoms with E-state index < -0.39 is 0 Å². The van der Waals surface area contributed by atoms with Gasteiger partial charge in [-0.25, -0.2) is 0 Å². The molecule has 1 heterocycles. The average molecular weight is 532 g/mol. The largest absolute Gasteiger partial charge is 0.462 e. The lowest BCUT2D eigenvalue weighted by Gasteiger charge is -2.70. The molecule has 6 rings (SSSR count). The molecule has 4 nitrogen and oxygen atoms in total. The van der Waals surface area contributed by atoms with Crippen LogP contribution in [0.5, 0.6) is 0 Å². The van der Waals surface area contributed by atoms with Gasteiger partial charge in [-0.15, -0.1) is 0 Å². The maximum absolute atomic E-state index is 13.7. The highest BCUT2D eigenvalue weighted by Crippen LogP contribution is 2.73. The van der Waals surface area contributed by atoms with Gasteiger partial charge in [0, 0.05) is 31.0 Å². The number of nitrogens with zero attached hydrogens (tertiary/aromatic N) is 1. The van der Waals surface area contributed by atoms with Crippen LogP contribution in [0.15, 0.2) is 41.5 Å². The SMILES string of the molecule is CC(=O)O[C@@H]1CC2[C@@]3(C)CCCC(C)(C)C3CC[C@@]2(C)C2CCC3=C(CN(CCc4ccccc4)C3=O)[C@]21C. The molecule has 0 radical (unpaired) electrons. The molecule has 1 amide bonds. The Balaban J connectivity index is 1.35. The minimum Gasteiger partial charge on any atom is -0.462 e. The summed E-state index contributed by atoms with van der Waals surface area (Å²) in [5.74, 6) is 1.73. The maximum Gasteiger partial charge on any atom is 0.302 e. The summed E-state index contributed by atoms with van der Waals surface area (Å²) in [6.45, 7) is 15.6. The molecule has 4 aliphatic carbocycles. The monoisotopic (exact) mass is 531 g/mol. The van der Waals surface area contributed by atoms with Crippen LogP contribution in [0.2, 0.25) is 0 Å². The van der Waals surface area contributed by atoms with Gasteiger partial charge >= 0.3 is 5.97 Å². The lowest BCUT2D eigenvalue weighted by molar-refractivity contribution is -0.225. The Morgan fingerprint density at radius 1 is 0.949 bits per heavy atom. The van der Waals surface area contributed by atoms with Crippen LogP contribution >= 0.6 is 0 Å². The highest BCUT2D eigenvalue weighted by atomic mass is 16.5. The van der Waals surface area contributed by atoms with Crippen LogP contribution in [-0.4, -0.2) is 36.0 Å². The third-order valence-corrected chi connectivity index (χ3v) is 12.9. The second-order valence-electron chi connectivity index (χ2n) is 15.1. The molecule has 7 atom stereocenters. The smallest absolute Gasteiger partial charge is 0.302 e. The summed E-state index contributed by atoms with van der Waals surface area (Å²) in [5.41, 5.74) is 4.14. The van der Waals surface area contributed by atoms with Gasteiger partial charge < -0.3 is 9.64 Å². The molecular formula is C35H49NO3. The van der Waals surface area contributed by atoms with Crippen LogP contribution in [0, 0.1) is 39.4 Å². The van der Waals surface area contributed by atoms with Gasteiger partial charge in [0.05, 0.1) is 0 Å². The maximum atomic E-state index is 13.7. The molecule has 39 heavy (non-hydrogen) atoms. The van der Waals surface area contributed by atoms with Gasteiger partial charge in [0.1, 0.15) is 6.10 Å². The van der Waals surface area contributed by atoms with E-state index in [4.69, 9.17) is 4.74 Å². The standard InChI is InChI=1S/C35H49NO3/c1-23(37)39-30-21-29-33(4)18-10-17-32(2,3)27(33)15-19-34(29,5)28-14-13-25-26(35(28,30)6)22-36(31(25)38)20-16-24-11-8-7-9-12-24/h7-9,11-12,27-30H,10,13-22H2,1-6H3/t27?,28?,29?,30-,33+,34+,35-/m1/s1. The highest BCUT2D eigenvalue weighted by Gasteiger charge is 2.69. The number of carbonyl (C=O) groups excluding carboxylic acids is 2. The van der Waals surface area contributed by atoms with Crippen LogP contribution in [0.1, 0.15) is 98.5 Å². The molecule has 3 unspecified atom stereocenters. The summed E-state index contributed by atoms with van der Waals surface area (Å²) >= 11 is 0. The predicted octanol–water partition coefficient (Wildman–Crippen LogP) is 7.37. The van der Waals surface area contributed by atoms with Crippen molar-refractivity contribution in [2.75, 3.05) is 13.1 Å². The van der Waals surface area contributed by atoms with Gasteiger partial charge in [0.15, 0.2) is 0 Å². The topological polar surface area (TPSA) is 46.6 Å². The quantitative estimate of drug-likeness (QED) is 0.381. The number of hydrogen-bond acceptors (Lipinski definition) is 3. The average Bonchev–Trinajstić information content (AvgIpc) is 3.20. The number of esters is 1. The first-order valence-electron chi connectivity index (χ1n) is 15.6. The van der Waals surface area contributed by atoms with E-state index >= 15 is 0 Å². The Bertz CT molecular complexity index is 1190. The van der Waals surface area contributed by atoms with Gasteiger partial charge in [-0.3, -0.25) is 9.59 Å². The van der Waals surface area contributed by atoms with Crippen molar-refractivity contribution in [2.45, 2.75) is 105 Å². The molecule has 0 N–H and O–H groups in total. The van der Waals surface area contributed by atoms with E-state index in [2.05, 4.69) is 63.8 Å². The molecule has 0 bridgehead atoms. The molecular weight excluding hydrogens is 482 g/mol. The molecule has 5 aliphatic rings. The Labute approximate surface area is 235 Å². The van der Waals surface area contributed by atoms with Crippen LogP contribution in [-0.2, 0) is 20.7 Å². The van der Waals surface area contributed by atoms with E-state index in [-0.39, 0.29) is 34.2 Å². The summed E-state index contributed by atoms with van der Waals surface area (Å²) in [6, 6.07) is 10.5. The van der Waals surface area contributed by atoms with Crippen molar-refractivity contribution >= 4 is 11.9 Å². The van der Waals surface area contributed by atoms with E-state index in [9.17, 15) is 9.59 Å². The molecule has 1 aliphatic heterocycles. The molecule has 212 valence electrons. The molecule has 0 spiro atoms. The van der Waals surface area contributed by atoms with E-state index in [1.807, 2.05) is 6.07 Å². The molecule has 0 aromatic heterocycles. The minimum atomic E-state index is -0.283. The fourth-order valence-corrected chi connectivity index (χ4v) is 11.2. The highest BCUT2D eigenvalue weighted by molar-refractivity contribution is 5.97. The van der Waals surface area contributed by atoms with Crippen molar-refractivity contribution in [3.63, 3.8) is 0 Å². The number of benzene rings is 1. The van der Waals surface area contributed by atoms with Crippen molar-refractivity contribution < 1.29 is 14.3 Å².